The largest absolute Gasteiger partial charge is 0.492 e. The van der Waals surface area contributed by atoms with Crippen molar-refractivity contribution in [2.45, 2.75) is 57.3 Å². The summed E-state index contributed by atoms with van der Waals surface area (Å²) in [6.45, 7) is 5.09. The molecule has 3 N–H and O–H groups in total. The van der Waals surface area contributed by atoms with Gasteiger partial charge in [0.2, 0.25) is 17.7 Å². The fraction of sp³-hybridized carbons (Fsp3) is 0.378. The smallest absolute Gasteiger partial charge is 0.419 e. The molecular weight excluding hydrogens is 761 g/mol. The van der Waals surface area contributed by atoms with Crippen LogP contribution in [0.4, 0.5) is 35.9 Å². The minimum Gasteiger partial charge on any atom is -0.492 e. The van der Waals surface area contributed by atoms with E-state index in [1.165, 1.54) is 11.0 Å². The van der Waals surface area contributed by atoms with Crippen LogP contribution >= 0.6 is 23.8 Å². The van der Waals surface area contributed by atoms with E-state index in [0.717, 1.165) is 23.9 Å². The molecule has 6 rings (SSSR count). The summed E-state index contributed by atoms with van der Waals surface area (Å²) < 4.78 is 47.1. The minimum absolute atomic E-state index is 0.0879. The van der Waals surface area contributed by atoms with Crippen molar-refractivity contribution in [2.75, 3.05) is 46.7 Å². The standard InChI is InChI=1S/C37H36ClF3N8O5S/c1-36(2)34(53)48(25-15-26(37(39,40)41)29(17-42)43-18-25)35(55)49(36)24-6-8-30(27(38)16-24)54-20-21-10-12-47(13-11-21)19-32(51)45-23-5-3-4-22(14-23)44-28-7-9-31(50)46-33(28)52/h3-6,8,14-16,18,21,28,44H,7,9-13,19-20H2,1-2H3,(H,45,51)(H,46,50,52). The molecule has 55 heavy (non-hydrogen) atoms. The van der Waals surface area contributed by atoms with Gasteiger partial charge < -0.3 is 20.3 Å². The lowest BCUT2D eigenvalue weighted by Gasteiger charge is -2.31. The number of carbonyl (C=O) groups is 4. The van der Waals surface area contributed by atoms with Crippen LogP contribution in [0.2, 0.25) is 5.02 Å². The number of rotatable bonds is 10. The number of piperidine rings is 2. The second-order valence-electron chi connectivity index (χ2n) is 13.9. The summed E-state index contributed by atoms with van der Waals surface area (Å²) in [5, 5.41) is 17.6. The summed E-state index contributed by atoms with van der Waals surface area (Å²) in [6.07, 6.45) is -1.66. The summed E-state index contributed by atoms with van der Waals surface area (Å²) in [5.41, 5.74) is -1.97. The van der Waals surface area contributed by atoms with E-state index in [1.54, 1.807) is 56.3 Å². The van der Waals surface area contributed by atoms with Crippen LogP contribution in [-0.2, 0) is 25.4 Å². The molecule has 1 aromatic heterocycles. The van der Waals surface area contributed by atoms with Crippen LogP contribution in [0.1, 0.15) is 50.8 Å². The summed E-state index contributed by atoms with van der Waals surface area (Å²) >= 11 is 12.2. The number of hydrogen-bond acceptors (Lipinski definition) is 10. The molecule has 4 amide bonds. The Morgan fingerprint density at radius 1 is 1.09 bits per heavy atom. The number of halogens is 4. The van der Waals surface area contributed by atoms with Crippen molar-refractivity contribution in [3.63, 3.8) is 0 Å². The van der Waals surface area contributed by atoms with Crippen molar-refractivity contribution in [3.8, 4) is 11.8 Å². The number of thiocarbonyl (C=S) groups is 1. The molecule has 2 aromatic carbocycles. The van der Waals surface area contributed by atoms with E-state index in [2.05, 4.69) is 25.8 Å². The van der Waals surface area contributed by atoms with Gasteiger partial charge in [0.25, 0.3) is 5.91 Å². The normalized spacial score (nSPS) is 19.3. The summed E-state index contributed by atoms with van der Waals surface area (Å²) in [5.74, 6) is -0.839. The van der Waals surface area contributed by atoms with Crippen molar-refractivity contribution in [2.24, 2.45) is 5.92 Å². The molecule has 3 saturated heterocycles. The summed E-state index contributed by atoms with van der Waals surface area (Å²) in [7, 11) is 0. The Morgan fingerprint density at radius 2 is 1.82 bits per heavy atom. The number of nitrogens with zero attached hydrogens (tertiary/aromatic N) is 5. The van der Waals surface area contributed by atoms with Crippen LogP contribution in [0.15, 0.2) is 54.7 Å². The van der Waals surface area contributed by atoms with Crippen LogP contribution < -0.4 is 30.5 Å². The highest BCUT2D eigenvalue weighted by Crippen LogP contribution is 2.41. The first-order chi connectivity index (χ1) is 26.0. The quantitative estimate of drug-likeness (QED) is 0.176. The Bertz CT molecular complexity index is 2090. The molecule has 1 unspecified atom stereocenters. The maximum Gasteiger partial charge on any atom is 0.419 e. The van der Waals surface area contributed by atoms with Gasteiger partial charge in [-0.25, -0.2) is 4.98 Å². The number of alkyl halides is 3. The van der Waals surface area contributed by atoms with Gasteiger partial charge in [-0.05, 0) is 107 Å². The number of nitrogens with one attached hydrogen (secondary N) is 3. The molecule has 3 fully saturated rings. The minimum atomic E-state index is -4.87. The van der Waals surface area contributed by atoms with Gasteiger partial charge in [-0.1, -0.05) is 17.7 Å². The number of amides is 4. The molecule has 4 heterocycles. The Balaban J connectivity index is 1.00. The van der Waals surface area contributed by atoms with Crippen LogP contribution in [-0.4, -0.2) is 76.4 Å². The number of ether oxygens (including phenoxy) is 1. The first-order valence-corrected chi connectivity index (χ1v) is 18.1. The molecule has 0 bridgehead atoms. The van der Waals surface area contributed by atoms with Gasteiger partial charge in [0.05, 0.1) is 35.6 Å². The van der Waals surface area contributed by atoms with Crippen LogP contribution in [0.5, 0.6) is 5.75 Å². The van der Waals surface area contributed by atoms with Gasteiger partial charge in [-0.15, -0.1) is 0 Å². The average Bonchev–Trinajstić information content (AvgIpc) is 3.31. The Kier molecular flexibility index (Phi) is 11.3. The number of hydrogen-bond donors (Lipinski definition) is 3. The molecule has 13 nitrogen and oxygen atoms in total. The van der Waals surface area contributed by atoms with E-state index in [1.807, 2.05) is 0 Å². The third-order valence-electron chi connectivity index (χ3n) is 9.66. The number of nitriles is 1. The fourth-order valence-corrected chi connectivity index (χ4v) is 7.48. The van der Waals surface area contributed by atoms with Gasteiger partial charge in [-0.3, -0.25) is 34.3 Å². The predicted molar refractivity (Wildman–Crippen MR) is 202 cm³/mol. The highest BCUT2D eigenvalue weighted by atomic mass is 35.5. The maximum atomic E-state index is 13.7. The van der Waals surface area contributed by atoms with Crippen molar-refractivity contribution in [1.29, 1.82) is 5.26 Å². The highest BCUT2D eigenvalue weighted by Gasteiger charge is 2.51. The van der Waals surface area contributed by atoms with Crippen LogP contribution in [0, 0.1) is 17.2 Å². The number of pyridine rings is 1. The zero-order chi connectivity index (χ0) is 39.7. The summed E-state index contributed by atoms with van der Waals surface area (Å²) in [6, 6.07) is 13.5. The second-order valence-corrected chi connectivity index (χ2v) is 14.7. The Hall–Kier alpha value is -5.31. The second kappa shape index (κ2) is 15.8. The van der Waals surface area contributed by atoms with E-state index in [9.17, 15) is 32.3 Å². The van der Waals surface area contributed by atoms with E-state index >= 15 is 0 Å². The van der Waals surface area contributed by atoms with E-state index in [4.69, 9.17) is 33.8 Å². The van der Waals surface area contributed by atoms with Crippen molar-refractivity contribution >= 4 is 75.3 Å². The lowest BCUT2D eigenvalue weighted by atomic mass is 9.98. The van der Waals surface area contributed by atoms with Gasteiger partial charge >= 0.3 is 6.18 Å². The topological polar surface area (TPSA) is 160 Å². The lowest BCUT2D eigenvalue weighted by molar-refractivity contribution is -0.138. The number of aromatic nitrogens is 1. The number of imide groups is 1. The van der Waals surface area contributed by atoms with Crippen molar-refractivity contribution < 1.29 is 37.1 Å². The number of carbonyl (C=O) groups excluding carboxylic acids is 4. The summed E-state index contributed by atoms with van der Waals surface area (Å²) in [4.78, 5) is 58.1. The van der Waals surface area contributed by atoms with Crippen molar-refractivity contribution in [3.05, 3.63) is 71.0 Å². The molecule has 288 valence electrons. The van der Waals surface area contributed by atoms with Gasteiger partial charge in [0.15, 0.2) is 10.8 Å². The molecular formula is C37H36ClF3N8O5S. The third-order valence-corrected chi connectivity index (χ3v) is 10.3. The molecule has 0 radical (unpaired) electrons. The first-order valence-electron chi connectivity index (χ1n) is 17.4. The zero-order valence-electron chi connectivity index (χ0n) is 29.7. The zero-order valence-corrected chi connectivity index (χ0v) is 31.3. The molecule has 3 aromatic rings. The molecule has 0 aliphatic carbocycles. The van der Waals surface area contributed by atoms with E-state index in [-0.39, 0.29) is 52.4 Å². The average molecular weight is 797 g/mol. The molecule has 18 heteroatoms. The van der Waals surface area contributed by atoms with E-state index in [0.29, 0.717) is 55.0 Å². The van der Waals surface area contributed by atoms with Gasteiger partial charge in [0, 0.05) is 23.5 Å². The molecule has 0 saturated carbocycles. The highest BCUT2D eigenvalue weighted by molar-refractivity contribution is 7.81. The first kappa shape index (κ1) is 39.4. The maximum absolute atomic E-state index is 13.7. The SMILES string of the molecule is CC1(C)C(=O)N(c2cnc(C#N)c(C(F)(F)F)c2)C(=S)N1c1ccc(OCC2CCN(CC(=O)Nc3cccc(NC4CCC(=O)NC4=O)c3)CC2)c(Cl)c1. The monoisotopic (exact) mass is 796 g/mol. The number of anilines is 4. The Labute approximate surface area is 324 Å². The fourth-order valence-electron chi connectivity index (χ4n) is 6.72. The van der Waals surface area contributed by atoms with Gasteiger partial charge in [0.1, 0.15) is 23.4 Å². The van der Waals surface area contributed by atoms with Gasteiger partial charge in [-0.2, -0.15) is 18.4 Å². The molecule has 3 aliphatic rings. The third kappa shape index (κ3) is 8.66. The number of likely N-dealkylation sites (tertiary alicyclic amines) is 1. The lowest BCUT2D eigenvalue weighted by Crippen LogP contribution is -2.47. The molecule has 1 atom stereocenters. The van der Waals surface area contributed by atoms with E-state index < -0.39 is 34.9 Å². The number of benzene rings is 2. The molecule has 3 aliphatic heterocycles. The molecule has 0 spiro atoms. The van der Waals surface area contributed by atoms with Crippen LogP contribution in [0.3, 0.4) is 0 Å². The predicted octanol–water partition coefficient (Wildman–Crippen LogP) is 5.49. The van der Waals surface area contributed by atoms with Crippen LogP contribution in [0.25, 0.3) is 0 Å². The van der Waals surface area contributed by atoms with Crippen molar-refractivity contribution in [1.82, 2.24) is 15.2 Å². The Morgan fingerprint density at radius 3 is 2.49 bits per heavy atom.